The van der Waals surface area contributed by atoms with Gasteiger partial charge in [0.25, 0.3) is 5.69 Å². The molecule has 1 heterocycles. The minimum Gasteiger partial charge on any atom is -0.307 e. The summed E-state index contributed by atoms with van der Waals surface area (Å²) in [6.45, 7) is 1.93. The van der Waals surface area contributed by atoms with Gasteiger partial charge < -0.3 is 5.32 Å². The van der Waals surface area contributed by atoms with Crippen LogP contribution in [0.4, 0.5) is 5.69 Å². The minimum atomic E-state index is -0.777. The maximum atomic E-state index is 13.0. The highest BCUT2D eigenvalue weighted by atomic mass is 16.6. The summed E-state index contributed by atoms with van der Waals surface area (Å²) in [4.78, 5) is 60.2. The third-order valence-electron chi connectivity index (χ3n) is 4.79. The monoisotopic (exact) mass is 358 g/mol. The molecule has 0 unspecified atom stereocenters. The number of rotatable bonds is 5. The third kappa shape index (κ3) is 3.08. The fourth-order valence-corrected chi connectivity index (χ4v) is 3.66. The number of hydrogen-bond acceptors (Lipinski definition) is 7. The Morgan fingerprint density at radius 1 is 1.27 bits per heavy atom. The standard InChI is InChI=1S/C18H18N2O6/c1-9(21)7-10-8-11-13(22)4-5-14(23)16(11)17(20(25)26)15(10)18(24)12-3-2-6-19-12/h8,12,19H,2-7H2,1H3/t12-/m0/s1. The molecule has 0 saturated carbocycles. The Balaban J connectivity index is 2.31. The summed E-state index contributed by atoms with van der Waals surface area (Å²) < 4.78 is 0. The van der Waals surface area contributed by atoms with Gasteiger partial charge in [-0.15, -0.1) is 0 Å². The van der Waals surface area contributed by atoms with Gasteiger partial charge in [-0.25, -0.2) is 0 Å². The summed E-state index contributed by atoms with van der Waals surface area (Å²) in [5.41, 5.74) is -1.05. The number of hydrogen-bond donors (Lipinski definition) is 1. The topological polar surface area (TPSA) is 123 Å². The zero-order valence-corrected chi connectivity index (χ0v) is 14.3. The van der Waals surface area contributed by atoms with Crippen molar-refractivity contribution in [3.63, 3.8) is 0 Å². The Morgan fingerprint density at radius 2 is 1.96 bits per heavy atom. The molecule has 0 amide bonds. The minimum absolute atomic E-state index is 0.0278. The van der Waals surface area contributed by atoms with Crippen molar-refractivity contribution in [2.45, 2.75) is 45.1 Å². The number of nitrogens with one attached hydrogen (secondary N) is 1. The van der Waals surface area contributed by atoms with E-state index in [2.05, 4.69) is 5.32 Å². The van der Waals surface area contributed by atoms with Crippen LogP contribution in [0.15, 0.2) is 6.07 Å². The molecule has 26 heavy (non-hydrogen) atoms. The van der Waals surface area contributed by atoms with E-state index >= 15 is 0 Å². The number of carbonyl (C=O) groups excluding carboxylic acids is 4. The molecule has 0 bridgehead atoms. The molecule has 2 aliphatic rings. The van der Waals surface area contributed by atoms with Gasteiger partial charge in [-0.05, 0) is 37.9 Å². The van der Waals surface area contributed by atoms with Gasteiger partial charge in [-0.1, -0.05) is 0 Å². The van der Waals surface area contributed by atoms with E-state index in [9.17, 15) is 29.3 Å². The van der Waals surface area contributed by atoms with Gasteiger partial charge in [-0.3, -0.25) is 29.3 Å². The van der Waals surface area contributed by atoms with E-state index in [-0.39, 0.29) is 53.1 Å². The lowest BCUT2D eigenvalue weighted by molar-refractivity contribution is -0.385. The van der Waals surface area contributed by atoms with Gasteiger partial charge in [0.15, 0.2) is 17.3 Å². The van der Waals surface area contributed by atoms with Gasteiger partial charge in [0, 0.05) is 24.8 Å². The highest BCUT2D eigenvalue weighted by Gasteiger charge is 2.39. The summed E-state index contributed by atoms with van der Waals surface area (Å²) in [5, 5.41) is 14.8. The Kier molecular flexibility index (Phi) is 4.78. The SMILES string of the molecule is CC(=O)Cc1cc2c(c([N+](=O)[O-])c1C(=O)[C@@H]1CCCN1)C(=O)CCC2=O. The maximum Gasteiger partial charge on any atom is 0.292 e. The Hall–Kier alpha value is -2.74. The number of fused-ring (bicyclic) bond motifs is 1. The molecule has 0 radical (unpaired) electrons. The first-order valence-corrected chi connectivity index (χ1v) is 8.49. The molecule has 3 rings (SSSR count). The molecular weight excluding hydrogens is 340 g/mol. The first-order chi connectivity index (χ1) is 12.3. The van der Waals surface area contributed by atoms with Crippen LogP contribution in [-0.2, 0) is 11.2 Å². The Labute approximate surface area is 149 Å². The second-order valence-electron chi connectivity index (χ2n) is 6.68. The first kappa shape index (κ1) is 18.1. The fourth-order valence-electron chi connectivity index (χ4n) is 3.66. The van der Waals surface area contributed by atoms with Crippen molar-refractivity contribution in [3.8, 4) is 0 Å². The second-order valence-corrected chi connectivity index (χ2v) is 6.68. The van der Waals surface area contributed by atoms with Crippen molar-refractivity contribution in [2.75, 3.05) is 6.54 Å². The highest BCUT2D eigenvalue weighted by molar-refractivity contribution is 6.19. The van der Waals surface area contributed by atoms with E-state index in [4.69, 9.17) is 0 Å². The van der Waals surface area contributed by atoms with Crippen molar-refractivity contribution in [2.24, 2.45) is 0 Å². The molecule has 8 heteroatoms. The second kappa shape index (κ2) is 6.87. The van der Waals surface area contributed by atoms with Crippen molar-refractivity contribution in [1.82, 2.24) is 5.32 Å². The Bertz CT molecular complexity index is 852. The fraction of sp³-hybridized carbons (Fsp3) is 0.444. The molecule has 1 aromatic rings. The van der Waals surface area contributed by atoms with E-state index in [0.29, 0.717) is 13.0 Å². The summed E-state index contributed by atoms with van der Waals surface area (Å²) in [5.74, 6) is -1.69. The summed E-state index contributed by atoms with van der Waals surface area (Å²) in [6.07, 6.45) is 0.936. The summed E-state index contributed by atoms with van der Waals surface area (Å²) in [7, 11) is 0. The average molecular weight is 358 g/mol. The molecule has 1 N–H and O–H groups in total. The van der Waals surface area contributed by atoms with Crippen LogP contribution >= 0.6 is 0 Å². The molecule has 1 aliphatic carbocycles. The number of carbonyl (C=O) groups is 4. The van der Waals surface area contributed by atoms with Crippen LogP contribution in [0.2, 0.25) is 0 Å². The van der Waals surface area contributed by atoms with Crippen LogP contribution in [0.1, 0.15) is 69.2 Å². The van der Waals surface area contributed by atoms with Gasteiger partial charge in [0.05, 0.1) is 11.0 Å². The van der Waals surface area contributed by atoms with E-state index in [0.717, 1.165) is 6.42 Å². The maximum absolute atomic E-state index is 13.0. The quantitative estimate of drug-likeness (QED) is 0.484. The van der Waals surface area contributed by atoms with Crippen LogP contribution in [0.5, 0.6) is 0 Å². The lowest BCUT2D eigenvalue weighted by Gasteiger charge is -2.19. The lowest BCUT2D eigenvalue weighted by atomic mass is 9.82. The molecule has 1 atom stereocenters. The van der Waals surface area contributed by atoms with Crippen molar-refractivity contribution in [1.29, 1.82) is 0 Å². The van der Waals surface area contributed by atoms with Crippen LogP contribution in [0.25, 0.3) is 0 Å². The Morgan fingerprint density at radius 3 is 2.54 bits per heavy atom. The van der Waals surface area contributed by atoms with Crippen LogP contribution in [0.3, 0.4) is 0 Å². The van der Waals surface area contributed by atoms with E-state index in [1.165, 1.54) is 13.0 Å². The lowest BCUT2D eigenvalue weighted by Crippen LogP contribution is -2.33. The number of Topliss-reactive ketones (excluding diaryl/α,β-unsaturated/α-hetero) is 4. The summed E-state index contributed by atoms with van der Waals surface area (Å²) in [6, 6.07) is 0.734. The largest absolute Gasteiger partial charge is 0.307 e. The molecule has 1 aliphatic heterocycles. The van der Waals surface area contributed by atoms with E-state index in [1.54, 1.807) is 0 Å². The number of nitrogens with zero attached hydrogens (tertiary/aromatic N) is 1. The smallest absolute Gasteiger partial charge is 0.292 e. The average Bonchev–Trinajstić information content (AvgIpc) is 3.10. The van der Waals surface area contributed by atoms with Gasteiger partial charge in [0.1, 0.15) is 16.9 Å². The zero-order chi connectivity index (χ0) is 19.0. The van der Waals surface area contributed by atoms with Gasteiger partial charge >= 0.3 is 0 Å². The molecule has 136 valence electrons. The normalized spacial score (nSPS) is 19.3. The molecule has 1 saturated heterocycles. The van der Waals surface area contributed by atoms with Crippen LogP contribution < -0.4 is 5.32 Å². The molecule has 1 fully saturated rings. The van der Waals surface area contributed by atoms with E-state index in [1.807, 2.05) is 0 Å². The molecule has 1 aromatic carbocycles. The predicted molar refractivity (Wildman–Crippen MR) is 90.7 cm³/mol. The molecule has 0 aromatic heterocycles. The van der Waals surface area contributed by atoms with Crippen molar-refractivity contribution < 1.29 is 24.1 Å². The molecule has 8 nitrogen and oxygen atoms in total. The molecule has 0 spiro atoms. The number of benzene rings is 1. The van der Waals surface area contributed by atoms with Crippen molar-refractivity contribution >= 4 is 28.8 Å². The van der Waals surface area contributed by atoms with E-state index < -0.39 is 28.2 Å². The third-order valence-corrected chi connectivity index (χ3v) is 4.79. The first-order valence-electron chi connectivity index (χ1n) is 8.49. The van der Waals surface area contributed by atoms with Crippen molar-refractivity contribution in [3.05, 3.63) is 38.4 Å². The highest BCUT2D eigenvalue weighted by Crippen LogP contribution is 2.36. The van der Waals surface area contributed by atoms with Crippen LogP contribution in [0, 0.1) is 10.1 Å². The van der Waals surface area contributed by atoms with Gasteiger partial charge in [0.2, 0.25) is 0 Å². The number of ketones is 4. The summed E-state index contributed by atoms with van der Waals surface area (Å²) >= 11 is 0. The van der Waals surface area contributed by atoms with Gasteiger partial charge in [-0.2, -0.15) is 0 Å². The zero-order valence-electron chi connectivity index (χ0n) is 14.3. The number of nitro benzene ring substituents is 1. The molecular formula is C18H18N2O6. The predicted octanol–water partition coefficient (Wildman–Crippen LogP) is 1.82. The number of nitro groups is 1. The van der Waals surface area contributed by atoms with Crippen LogP contribution in [-0.4, -0.2) is 40.6 Å².